The highest BCUT2D eigenvalue weighted by Gasteiger charge is 2.21. The van der Waals surface area contributed by atoms with Crippen LogP contribution in [0, 0.1) is 13.8 Å². The molecule has 0 spiro atoms. The van der Waals surface area contributed by atoms with Crippen LogP contribution in [0.4, 0.5) is 5.69 Å². The van der Waals surface area contributed by atoms with Crippen molar-refractivity contribution in [2.45, 2.75) is 33.6 Å². The first-order valence-electron chi connectivity index (χ1n) is 7.68. The van der Waals surface area contributed by atoms with Gasteiger partial charge in [-0.1, -0.05) is 0 Å². The fourth-order valence-electron chi connectivity index (χ4n) is 2.50. The number of amides is 1. The molecule has 0 saturated carbocycles. The molecule has 21 heavy (non-hydrogen) atoms. The second-order valence-electron chi connectivity index (χ2n) is 5.77. The van der Waals surface area contributed by atoms with E-state index in [1.54, 1.807) is 0 Å². The van der Waals surface area contributed by atoms with E-state index in [0.29, 0.717) is 0 Å². The van der Waals surface area contributed by atoms with Gasteiger partial charge in [-0.05, 0) is 56.9 Å². The van der Waals surface area contributed by atoms with Crippen molar-refractivity contribution in [1.29, 1.82) is 0 Å². The third-order valence-corrected chi connectivity index (χ3v) is 4.06. The first kappa shape index (κ1) is 15.5. The lowest BCUT2D eigenvalue weighted by atomic mass is 10.0. The zero-order chi connectivity index (χ0) is 15.4. The maximum absolute atomic E-state index is 12.5. The highest BCUT2D eigenvalue weighted by Crippen LogP contribution is 2.25. The van der Waals surface area contributed by atoms with Gasteiger partial charge in [-0.2, -0.15) is 0 Å². The third kappa shape index (κ3) is 3.63. The summed E-state index contributed by atoms with van der Waals surface area (Å²) >= 11 is 0. The Hall–Kier alpha value is -1.84. The van der Waals surface area contributed by atoms with Gasteiger partial charge >= 0.3 is 0 Å². The molecular formula is C17H25N3O. The van der Waals surface area contributed by atoms with Gasteiger partial charge in [0, 0.05) is 32.2 Å². The van der Waals surface area contributed by atoms with Crippen LogP contribution in [0.3, 0.4) is 0 Å². The molecule has 1 fully saturated rings. The number of carbonyl (C=O) groups excluding carboxylic acids is 1. The quantitative estimate of drug-likeness (QED) is 0.630. The van der Waals surface area contributed by atoms with Gasteiger partial charge in [0.1, 0.15) is 0 Å². The summed E-state index contributed by atoms with van der Waals surface area (Å²) in [5.74, 6) is 0.161. The lowest BCUT2D eigenvalue weighted by molar-refractivity contribution is 0.0792. The van der Waals surface area contributed by atoms with Crippen LogP contribution in [0.2, 0.25) is 0 Å². The zero-order valence-corrected chi connectivity index (χ0v) is 13.5. The minimum Gasteiger partial charge on any atom is -0.366 e. The number of aryl methyl sites for hydroxylation is 2. The monoisotopic (exact) mass is 287 g/mol. The zero-order valence-electron chi connectivity index (χ0n) is 13.5. The van der Waals surface area contributed by atoms with Crippen molar-refractivity contribution in [3.8, 4) is 0 Å². The Kier molecular flexibility index (Phi) is 4.99. The number of likely N-dealkylation sites (tertiary alicyclic amines) is 1. The van der Waals surface area contributed by atoms with Crippen LogP contribution >= 0.6 is 0 Å². The van der Waals surface area contributed by atoms with Crippen molar-refractivity contribution in [3.63, 3.8) is 0 Å². The summed E-state index contributed by atoms with van der Waals surface area (Å²) < 4.78 is 0. The van der Waals surface area contributed by atoms with Gasteiger partial charge in [0.2, 0.25) is 0 Å². The summed E-state index contributed by atoms with van der Waals surface area (Å²) in [5.41, 5.74) is 3.80. The number of benzene rings is 1. The molecule has 0 N–H and O–H groups in total. The summed E-state index contributed by atoms with van der Waals surface area (Å²) in [6.07, 6.45) is 4.08. The predicted molar refractivity (Wildman–Crippen MR) is 87.5 cm³/mol. The molecule has 0 unspecified atom stereocenters. The Morgan fingerprint density at radius 2 is 1.95 bits per heavy atom. The molecule has 1 amide bonds. The standard InChI is InChI=1S/C17H25N3O/c1-5-19(4)12-18-16-11-13(2)15(10-14(16)3)17(21)20-8-6-7-9-20/h10-12H,5-9H2,1-4H3. The first-order valence-corrected chi connectivity index (χ1v) is 7.68. The summed E-state index contributed by atoms with van der Waals surface area (Å²) in [6.45, 7) is 8.79. The van der Waals surface area contributed by atoms with E-state index >= 15 is 0 Å². The van der Waals surface area contributed by atoms with Gasteiger partial charge in [0.15, 0.2) is 0 Å². The molecule has 1 aliphatic heterocycles. The second-order valence-corrected chi connectivity index (χ2v) is 5.77. The van der Waals surface area contributed by atoms with Crippen LogP contribution in [0.5, 0.6) is 0 Å². The molecule has 0 atom stereocenters. The average Bonchev–Trinajstić information content (AvgIpc) is 3.00. The summed E-state index contributed by atoms with van der Waals surface area (Å²) in [7, 11) is 2.00. The van der Waals surface area contributed by atoms with Crippen molar-refractivity contribution in [1.82, 2.24) is 9.80 Å². The number of hydrogen-bond donors (Lipinski definition) is 0. The molecule has 0 aromatic heterocycles. The van der Waals surface area contributed by atoms with Gasteiger partial charge < -0.3 is 9.80 Å². The number of aliphatic imine (C=N–C) groups is 1. The molecule has 1 aliphatic rings. The van der Waals surface area contributed by atoms with E-state index in [-0.39, 0.29) is 5.91 Å². The molecule has 1 aromatic carbocycles. The van der Waals surface area contributed by atoms with Gasteiger partial charge in [0.25, 0.3) is 5.91 Å². The Bertz CT molecular complexity index is 545. The highest BCUT2D eigenvalue weighted by molar-refractivity contribution is 5.96. The number of hydrogen-bond acceptors (Lipinski definition) is 2. The SMILES string of the molecule is CCN(C)C=Nc1cc(C)c(C(=O)N2CCCC2)cc1C. The molecule has 114 valence electrons. The van der Waals surface area contributed by atoms with Gasteiger partial charge in [-0.15, -0.1) is 0 Å². The lowest BCUT2D eigenvalue weighted by Crippen LogP contribution is -2.28. The number of nitrogens with zero attached hydrogens (tertiary/aromatic N) is 3. The molecule has 1 aromatic rings. The molecule has 2 rings (SSSR count). The summed E-state index contributed by atoms with van der Waals surface area (Å²) in [4.78, 5) is 21.0. The fraction of sp³-hybridized carbons (Fsp3) is 0.529. The Morgan fingerprint density at radius 1 is 1.29 bits per heavy atom. The van der Waals surface area contributed by atoms with E-state index < -0.39 is 0 Å². The molecule has 0 bridgehead atoms. The predicted octanol–water partition coefficient (Wildman–Crippen LogP) is 3.15. The molecular weight excluding hydrogens is 262 g/mol. The number of carbonyl (C=O) groups is 1. The van der Waals surface area contributed by atoms with Crippen molar-refractivity contribution in [3.05, 3.63) is 28.8 Å². The first-order chi connectivity index (χ1) is 10.0. The maximum atomic E-state index is 12.5. The Morgan fingerprint density at radius 3 is 2.57 bits per heavy atom. The largest absolute Gasteiger partial charge is 0.366 e. The minimum absolute atomic E-state index is 0.161. The molecule has 0 aliphatic carbocycles. The Balaban J connectivity index is 2.24. The van der Waals surface area contributed by atoms with Crippen LogP contribution in [0.25, 0.3) is 0 Å². The van der Waals surface area contributed by atoms with E-state index in [1.165, 1.54) is 0 Å². The maximum Gasteiger partial charge on any atom is 0.254 e. The molecule has 4 nitrogen and oxygen atoms in total. The van der Waals surface area contributed by atoms with Crippen LogP contribution in [0.1, 0.15) is 41.3 Å². The number of rotatable bonds is 4. The average molecular weight is 287 g/mol. The van der Waals surface area contributed by atoms with E-state index in [2.05, 4.69) is 11.9 Å². The normalized spacial score (nSPS) is 15.0. The van der Waals surface area contributed by atoms with E-state index in [1.807, 2.05) is 49.2 Å². The van der Waals surface area contributed by atoms with Crippen molar-refractivity contribution in [2.24, 2.45) is 4.99 Å². The van der Waals surface area contributed by atoms with Gasteiger partial charge in [-0.3, -0.25) is 4.79 Å². The molecule has 1 saturated heterocycles. The smallest absolute Gasteiger partial charge is 0.254 e. The second kappa shape index (κ2) is 6.74. The topological polar surface area (TPSA) is 35.9 Å². The lowest BCUT2D eigenvalue weighted by Gasteiger charge is -2.18. The van der Waals surface area contributed by atoms with Crippen molar-refractivity contribution in [2.75, 3.05) is 26.7 Å². The minimum atomic E-state index is 0.161. The Labute approximate surface area is 127 Å². The fourth-order valence-corrected chi connectivity index (χ4v) is 2.50. The summed E-state index contributed by atoms with van der Waals surface area (Å²) in [6, 6.07) is 3.99. The summed E-state index contributed by atoms with van der Waals surface area (Å²) in [5, 5.41) is 0. The molecule has 4 heteroatoms. The van der Waals surface area contributed by atoms with Crippen molar-refractivity contribution < 1.29 is 4.79 Å². The van der Waals surface area contributed by atoms with Crippen LogP contribution in [0.15, 0.2) is 17.1 Å². The van der Waals surface area contributed by atoms with Crippen molar-refractivity contribution >= 4 is 17.9 Å². The molecule has 0 radical (unpaired) electrons. The van der Waals surface area contributed by atoms with E-state index in [9.17, 15) is 4.79 Å². The van der Waals surface area contributed by atoms with Gasteiger partial charge in [0.05, 0.1) is 12.0 Å². The van der Waals surface area contributed by atoms with E-state index in [0.717, 1.165) is 54.9 Å². The van der Waals surface area contributed by atoms with E-state index in [4.69, 9.17) is 0 Å². The molecule has 1 heterocycles. The van der Waals surface area contributed by atoms with Crippen LogP contribution < -0.4 is 0 Å². The van der Waals surface area contributed by atoms with Crippen LogP contribution in [-0.2, 0) is 0 Å². The van der Waals surface area contributed by atoms with Gasteiger partial charge in [-0.25, -0.2) is 4.99 Å². The van der Waals surface area contributed by atoms with Crippen LogP contribution in [-0.4, -0.2) is 48.7 Å². The highest BCUT2D eigenvalue weighted by atomic mass is 16.2. The third-order valence-electron chi connectivity index (χ3n) is 4.06.